The number of benzene rings is 2. The zero-order valence-electron chi connectivity index (χ0n) is 13.4. The average molecular weight is 317 g/mol. The van der Waals surface area contributed by atoms with Gasteiger partial charge in [0.25, 0.3) is 5.56 Å². The third-order valence-electron chi connectivity index (χ3n) is 4.53. The van der Waals surface area contributed by atoms with Crippen LogP contribution < -0.4 is 5.56 Å². The molecule has 0 saturated carbocycles. The van der Waals surface area contributed by atoms with Crippen molar-refractivity contribution in [1.29, 1.82) is 0 Å². The summed E-state index contributed by atoms with van der Waals surface area (Å²) in [6.45, 7) is 2.30. The minimum atomic E-state index is -0.0223. The average Bonchev–Trinajstić information content (AvgIpc) is 2.66. The minimum absolute atomic E-state index is 0.0223. The molecule has 3 aromatic rings. The van der Waals surface area contributed by atoms with Crippen LogP contribution in [0.2, 0.25) is 0 Å². The first kappa shape index (κ1) is 14.8. The zero-order chi connectivity index (χ0) is 16.4. The van der Waals surface area contributed by atoms with Crippen molar-refractivity contribution in [3.63, 3.8) is 0 Å². The lowest BCUT2D eigenvalue weighted by Crippen LogP contribution is -2.36. The van der Waals surface area contributed by atoms with E-state index in [2.05, 4.69) is 40.3 Å². The SMILES string of the molecule is O=c1c2ccccc2cnn1CN1CC=C(c2ccccc2)CC1. The van der Waals surface area contributed by atoms with Crippen LogP contribution in [0.1, 0.15) is 12.0 Å². The van der Waals surface area contributed by atoms with Gasteiger partial charge in [0.05, 0.1) is 18.3 Å². The largest absolute Gasteiger partial charge is 0.280 e. The van der Waals surface area contributed by atoms with Crippen molar-refractivity contribution >= 4 is 16.3 Å². The van der Waals surface area contributed by atoms with Crippen molar-refractivity contribution < 1.29 is 0 Å². The van der Waals surface area contributed by atoms with Gasteiger partial charge in [-0.2, -0.15) is 5.10 Å². The number of fused-ring (bicyclic) bond motifs is 1. The highest BCUT2D eigenvalue weighted by Crippen LogP contribution is 2.22. The van der Waals surface area contributed by atoms with E-state index in [0.29, 0.717) is 6.67 Å². The van der Waals surface area contributed by atoms with Gasteiger partial charge < -0.3 is 0 Å². The van der Waals surface area contributed by atoms with E-state index in [0.717, 1.165) is 30.3 Å². The Labute approximate surface area is 140 Å². The van der Waals surface area contributed by atoms with Gasteiger partial charge in [0.1, 0.15) is 0 Å². The topological polar surface area (TPSA) is 38.1 Å². The Bertz CT molecular complexity index is 944. The molecule has 2 heterocycles. The van der Waals surface area contributed by atoms with E-state index in [1.54, 1.807) is 10.9 Å². The minimum Gasteiger partial charge on any atom is -0.280 e. The van der Waals surface area contributed by atoms with Gasteiger partial charge in [-0.1, -0.05) is 54.6 Å². The fourth-order valence-corrected chi connectivity index (χ4v) is 3.17. The lowest BCUT2D eigenvalue weighted by molar-refractivity contribution is 0.223. The summed E-state index contributed by atoms with van der Waals surface area (Å²) < 4.78 is 1.56. The van der Waals surface area contributed by atoms with Crippen molar-refractivity contribution in [3.05, 3.63) is 82.8 Å². The predicted octanol–water partition coefficient (Wildman–Crippen LogP) is 3.14. The van der Waals surface area contributed by atoms with E-state index in [1.807, 2.05) is 30.3 Å². The highest BCUT2D eigenvalue weighted by Gasteiger charge is 2.14. The molecule has 2 aromatic carbocycles. The normalized spacial score (nSPS) is 15.4. The van der Waals surface area contributed by atoms with Crippen LogP contribution in [0.3, 0.4) is 0 Å². The molecule has 120 valence electrons. The van der Waals surface area contributed by atoms with Crippen molar-refractivity contribution in [1.82, 2.24) is 14.7 Å². The Kier molecular flexibility index (Phi) is 3.97. The summed E-state index contributed by atoms with van der Waals surface area (Å²) in [4.78, 5) is 14.8. The molecular weight excluding hydrogens is 298 g/mol. The van der Waals surface area contributed by atoms with Gasteiger partial charge in [-0.05, 0) is 23.6 Å². The molecule has 0 unspecified atom stereocenters. The van der Waals surface area contributed by atoms with Crippen molar-refractivity contribution in [3.8, 4) is 0 Å². The van der Waals surface area contributed by atoms with Crippen LogP contribution in [0.5, 0.6) is 0 Å². The summed E-state index contributed by atoms with van der Waals surface area (Å²) >= 11 is 0. The Morgan fingerprint density at radius 1 is 1.00 bits per heavy atom. The van der Waals surface area contributed by atoms with Gasteiger partial charge >= 0.3 is 0 Å². The van der Waals surface area contributed by atoms with Crippen LogP contribution in [0.4, 0.5) is 0 Å². The van der Waals surface area contributed by atoms with Gasteiger partial charge in [-0.15, -0.1) is 0 Å². The zero-order valence-corrected chi connectivity index (χ0v) is 13.4. The summed E-state index contributed by atoms with van der Waals surface area (Å²) in [5.74, 6) is 0. The molecule has 0 bridgehead atoms. The van der Waals surface area contributed by atoms with Crippen LogP contribution in [-0.2, 0) is 6.67 Å². The van der Waals surface area contributed by atoms with Crippen LogP contribution in [0, 0.1) is 0 Å². The predicted molar refractivity (Wildman–Crippen MR) is 96.6 cm³/mol. The number of aromatic nitrogens is 2. The van der Waals surface area contributed by atoms with Gasteiger partial charge in [0, 0.05) is 18.5 Å². The van der Waals surface area contributed by atoms with E-state index < -0.39 is 0 Å². The lowest BCUT2D eigenvalue weighted by atomic mass is 10.00. The molecule has 24 heavy (non-hydrogen) atoms. The fourth-order valence-electron chi connectivity index (χ4n) is 3.17. The maximum Gasteiger partial charge on any atom is 0.275 e. The molecule has 1 aliphatic heterocycles. The smallest absolute Gasteiger partial charge is 0.275 e. The molecule has 4 nitrogen and oxygen atoms in total. The molecule has 0 atom stereocenters. The van der Waals surface area contributed by atoms with Gasteiger partial charge in [0.2, 0.25) is 0 Å². The first-order valence-electron chi connectivity index (χ1n) is 8.23. The lowest BCUT2D eigenvalue weighted by Gasteiger charge is -2.26. The quantitative estimate of drug-likeness (QED) is 0.745. The monoisotopic (exact) mass is 317 g/mol. The molecule has 0 spiro atoms. The number of hydrogen-bond acceptors (Lipinski definition) is 3. The van der Waals surface area contributed by atoms with E-state index >= 15 is 0 Å². The molecule has 1 aliphatic rings. The van der Waals surface area contributed by atoms with E-state index in [4.69, 9.17) is 0 Å². The first-order chi connectivity index (χ1) is 11.8. The maximum atomic E-state index is 12.5. The first-order valence-corrected chi connectivity index (χ1v) is 8.23. The maximum absolute atomic E-state index is 12.5. The highest BCUT2D eigenvalue weighted by molar-refractivity contribution is 5.80. The molecule has 0 radical (unpaired) electrons. The summed E-state index contributed by atoms with van der Waals surface area (Å²) in [5.41, 5.74) is 2.65. The van der Waals surface area contributed by atoms with Gasteiger partial charge in [-0.25, -0.2) is 4.68 Å². The summed E-state index contributed by atoms with van der Waals surface area (Å²) in [7, 11) is 0. The number of nitrogens with zero attached hydrogens (tertiary/aromatic N) is 3. The molecule has 4 heteroatoms. The summed E-state index contributed by atoms with van der Waals surface area (Å²) in [5, 5.41) is 5.94. The fraction of sp³-hybridized carbons (Fsp3) is 0.200. The van der Waals surface area contributed by atoms with Crippen molar-refractivity contribution in [2.24, 2.45) is 0 Å². The van der Waals surface area contributed by atoms with E-state index in [-0.39, 0.29) is 5.56 Å². The second-order valence-electron chi connectivity index (χ2n) is 6.10. The Morgan fingerprint density at radius 3 is 2.58 bits per heavy atom. The third-order valence-corrected chi connectivity index (χ3v) is 4.53. The second-order valence-corrected chi connectivity index (χ2v) is 6.10. The number of rotatable bonds is 3. The van der Waals surface area contributed by atoms with Crippen LogP contribution in [0.15, 0.2) is 71.7 Å². The second kappa shape index (κ2) is 6.42. The van der Waals surface area contributed by atoms with Crippen molar-refractivity contribution in [2.45, 2.75) is 13.1 Å². The summed E-state index contributed by atoms with van der Waals surface area (Å²) in [6, 6.07) is 18.1. The standard InChI is InChI=1S/C20H19N3O/c24-20-19-9-5-4-8-18(19)14-21-23(20)15-22-12-10-17(11-13-22)16-6-2-1-3-7-16/h1-10,14H,11-13,15H2. The Balaban J connectivity index is 1.52. The number of hydrogen-bond donors (Lipinski definition) is 0. The molecule has 0 saturated heterocycles. The van der Waals surface area contributed by atoms with Crippen LogP contribution >= 0.6 is 0 Å². The molecular formula is C20H19N3O. The molecule has 0 fully saturated rings. The van der Waals surface area contributed by atoms with E-state index in [1.165, 1.54) is 11.1 Å². The molecule has 0 N–H and O–H groups in total. The van der Waals surface area contributed by atoms with Gasteiger partial charge in [-0.3, -0.25) is 9.69 Å². The Hall–Kier alpha value is -2.72. The van der Waals surface area contributed by atoms with Crippen molar-refractivity contribution in [2.75, 3.05) is 13.1 Å². The Morgan fingerprint density at radius 2 is 1.79 bits per heavy atom. The molecule has 0 aliphatic carbocycles. The molecule has 1 aromatic heterocycles. The van der Waals surface area contributed by atoms with Crippen LogP contribution in [0.25, 0.3) is 16.3 Å². The molecule has 4 rings (SSSR count). The highest BCUT2D eigenvalue weighted by atomic mass is 16.1. The molecule has 0 amide bonds. The van der Waals surface area contributed by atoms with Gasteiger partial charge in [0.15, 0.2) is 0 Å². The third kappa shape index (κ3) is 2.88. The van der Waals surface area contributed by atoms with Crippen LogP contribution in [-0.4, -0.2) is 27.8 Å². The van der Waals surface area contributed by atoms with E-state index in [9.17, 15) is 4.79 Å². The summed E-state index contributed by atoms with van der Waals surface area (Å²) in [6.07, 6.45) is 5.02.